The van der Waals surface area contributed by atoms with Crippen molar-refractivity contribution in [3.63, 3.8) is 0 Å². The summed E-state index contributed by atoms with van der Waals surface area (Å²) in [6.45, 7) is 6.92. The third kappa shape index (κ3) is 3.72. The highest BCUT2D eigenvalue weighted by Gasteiger charge is 2.35. The van der Waals surface area contributed by atoms with Crippen molar-refractivity contribution in [2.24, 2.45) is 11.3 Å². The summed E-state index contributed by atoms with van der Waals surface area (Å²) in [6.07, 6.45) is 7.47. The maximum absolute atomic E-state index is 10.9. The Labute approximate surface area is 122 Å². The van der Waals surface area contributed by atoms with E-state index in [0.717, 1.165) is 31.2 Å². The van der Waals surface area contributed by atoms with Crippen molar-refractivity contribution in [3.8, 4) is 0 Å². The van der Waals surface area contributed by atoms with Crippen LogP contribution in [0, 0.1) is 11.3 Å². The van der Waals surface area contributed by atoms with Crippen LogP contribution < -0.4 is 5.73 Å². The normalized spacial score (nSPS) is 28.1. The van der Waals surface area contributed by atoms with Crippen LogP contribution in [0.15, 0.2) is 18.3 Å². The van der Waals surface area contributed by atoms with Crippen molar-refractivity contribution >= 4 is 5.82 Å². The predicted octanol–water partition coefficient (Wildman–Crippen LogP) is 3.56. The van der Waals surface area contributed by atoms with Crippen LogP contribution in [0.3, 0.4) is 0 Å². The van der Waals surface area contributed by atoms with E-state index in [1.807, 2.05) is 12.1 Å². The molecule has 0 aromatic carbocycles. The summed E-state index contributed by atoms with van der Waals surface area (Å²) < 4.78 is 0. The van der Waals surface area contributed by atoms with Crippen LogP contribution in [0.25, 0.3) is 0 Å². The molecule has 1 saturated carbocycles. The molecule has 0 saturated heterocycles. The molecule has 2 unspecified atom stereocenters. The van der Waals surface area contributed by atoms with Crippen LogP contribution >= 0.6 is 0 Å². The number of hydrogen-bond donors (Lipinski definition) is 2. The Bertz CT molecular complexity index is 453. The summed E-state index contributed by atoms with van der Waals surface area (Å²) in [5, 5.41) is 10.9. The first kappa shape index (κ1) is 15.3. The minimum absolute atomic E-state index is 0.332. The lowest BCUT2D eigenvalue weighted by molar-refractivity contribution is 0.0226. The maximum atomic E-state index is 10.9. The van der Waals surface area contributed by atoms with Gasteiger partial charge in [-0.15, -0.1) is 0 Å². The number of anilines is 1. The largest absolute Gasteiger partial charge is 0.390 e. The molecule has 0 radical (unpaired) electrons. The minimum atomic E-state index is -0.614. The number of pyridine rings is 1. The molecule has 0 bridgehead atoms. The molecule has 1 aromatic heterocycles. The maximum Gasteiger partial charge on any atom is 0.126 e. The van der Waals surface area contributed by atoms with Gasteiger partial charge in [0.15, 0.2) is 0 Å². The topological polar surface area (TPSA) is 59.1 Å². The molecule has 1 heterocycles. The summed E-state index contributed by atoms with van der Waals surface area (Å²) in [5.74, 6) is 1.25. The second-order valence-corrected chi connectivity index (χ2v) is 7.44. The third-order valence-electron chi connectivity index (χ3n) is 4.82. The van der Waals surface area contributed by atoms with E-state index in [1.165, 1.54) is 6.42 Å². The highest BCUT2D eigenvalue weighted by molar-refractivity contribution is 5.39. The first-order valence-electron chi connectivity index (χ1n) is 7.72. The molecule has 2 rings (SSSR count). The van der Waals surface area contributed by atoms with Crippen LogP contribution in [0.4, 0.5) is 5.82 Å². The van der Waals surface area contributed by atoms with E-state index in [-0.39, 0.29) is 0 Å². The van der Waals surface area contributed by atoms with E-state index in [1.54, 1.807) is 6.20 Å². The van der Waals surface area contributed by atoms with Gasteiger partial charge in [-0.25, -0.2) is 4.98 Å². The zero-order valence-corrected chi connectivity index (χ0v) is 13.0. The van der Waals surface area contributed by atoms with E-state index in [0.29, 0.717) is 23.6 Å². The van der Waals surface area contributed by atoms with E-state index >= 15 is 0 Å². The average Bonchev–Trinajstić information content (AvgIpc) is 2.54. The second-order valence-electron chi connectivity index (χ2n) is 7.44. The van der Waals surface area contributed by atoms with Gasteiger partial charge in [-0.3, -0.25) is 0 Å². The van der Waals surface area contributed by atoms with Gasteiger partial charge in [0.25, 0.3) is 0 Å². The zero-order valence-electron chi connectivity index (χ0n) is 13.0. The fraction of sp³-hybridized carbons (Fsp3) is 0.706. The van der Waals surface area contributed by atoms with Crippen molar-refractivity contribution in [2.75, 3.05) is 5.73 Å². The average molecular weight is 276 g/mol. The van der Waals surface area contributed by atoms with E-state index < -0.39 is 5.60 Å². The molecule has 20 heavy (non-hydrogen) atoms. The third-order valence-corrected chi connectivity index (χ3v) is 4.82. The summed E-state index contributed by atoms with van der Waals surface area (Å²) in [6, 6.07) is 3.87. The zero-order chi connectivity index (χ0) is 14.8. The van der Waals surface area contributed by atoms with Crippen molar-refractivity contribution < 1.29 is 5.11 Å². The molecule has 3 nitrogen and oxygen atoms in total. The number of hydrogen-bond acceptors (Lipinski definition) is 3. The minimum Gasteiger partial charge on any atom is -0.390 e. The SMILES string of the molecule is CC(C)(C)C1CCCC(O)(Cc2cccnc2N)CC1. The molecule has 1 aromatic rings. The summed E-state index contributed by atoms with van der Waals surface area (Å²) >= 11 is 0. The van der Waals surface area contributed by atoms with Gasteiger partial charge in [-0.05, 0) is 48.6 Å². The molecule has 3 N–H and O–H groups in total. The monoisotopic (exact) mass is 276 g/mol. The number of aromatic nitrogens is 1. The Kier molecular flexibility index (Phi) is 4.38. The first-order valence-corrected chi connectivity index (χ1v) is 7.72. The Morgan fingerprint density at radius 1 is 1.35 bits per heavy atom. The lowest BCUT2D eigenvalue weighted by Gasteiger charge is -2.31. The van der Waals surface area contributed by atoms with Gasteiger partial charge < -0.3 is 10.8 Å². The number of aliphatic hydroxyl groups is 1. The standard InChI is InChI=1S/C17H28N2O/c1-16(2,3)14-7-4-9-17(20,10-8-14)12-13-6-5-11-19-15(13)18/h5-6,11,14,20H,4,7-10,12H2,1-3H3,(H2,18,19). The molecule has 0 amide bonds. The smallest absolute Gasteiger partial charge is 0.126 e. The number of nitrogens with zero attached hydrogens (tertiary/aromatic N) is 1. The van der Waals surface area contributed by atoms with Crippen molar-refractivity contribution in [1.29, 1.82) is 0 Å². The van der Waals surface area contributed by atoms with Gasteiger partial charge in [-0.1, -0.05) is 33.3 Å². The van der Waals surface area contributed by atoms with E-state index in [4.69, 9.17) is 5.73 Å². The van der Waals surface area contributed by atoms with Crippen molar-refractivity contribution in [1.82, 2.24) is 4.98 Å². The lowest BCUT2D eigenvalue weighted by atomic mass is 9.76. The molecule has 2 atom stereocenters. The number of nitrogen functional groups attached to an aromatic ring is 1. The number of nitrogens with two attached hydrogens (primary N) is 1. The second kappa shape index (κ2) is 5.72. The Balaban J connectivity index is 2.06. The van der Waals surface area contributed by atoms with Crippen molar-refractivity contribution in [2.45, 2.75) is 64.9 Å². The molecule has 1 aliphatic rings. The molecular weight excluding hydrogens is 248 g/mol. The van der Waals surface area contributed by atoms with Gasteiger partial charge >= 0.3 is 0 Å². The van der Waals surface area contributed by atoms with Gasteiger partial charge in [0.1, 0.15) is 5.82 Å². The molecule has 3 heteroatoms. The molecule has 1 aliphatic carbocycles. The lowest BCUT2D eigenvalue weighted by Crippen LogP contribution is -2.31. The van der Waals surface area contributed by atoms with Crippen LogP contribution in [0.5, 0.6) is 0 Å². The van der Waals surface area contributed by atoms with E-state index in [9.17, 15) is 5.11 Å². The van der Waals surface area contributed by atoms with Crippen LogP contribution in [0.2, 0.25) is 0 Å². The quantitative estimate of drug-likeness (QED) is 0.812. The van der Waals surface area contributed by atoms with Gasteiger partial charge in [-0.2, -0.15) is 0 Å². The summed E-state index contributed by atoms with van der Waals surface area (Å²) in [4.78, 5) is 4.12. The van der Waals surface area contributed by atoms with Gasteiger partial charge in [0.05, 0.1) is 5.60 Å². The summed E-state index contributed by atoms with van der Waals surface area (Å²) in [7, 11) is 0. The van der Waals surface area contributed by atoms with Gasteiger partial charge in [0, 0.05) is 12.6 Å². The summed E-state index contributed by atoms with van der Waals surface area (Å²) in [5.41, 5.74) is 6.60. The molecule has 112 valence electrons. The number of rotatable bonds is 2. The molecule has 0 spiro atoms. The van der Waals surface area contributed by atoms with Crippen LogP contribution in [-0.2, 0) is 6.42 Å². The molecular formula is C17H28N2O. The van der Waals surface area contributed by atoms with Gasteiger partial charge in [0.2, 0.25) is 0 Å². The Morgan fingerprint density at radius 2 is 2.10 bits per heavy atom. The van der Waals surface area contributed by atoms with E-state index in [2.05, 4.69) is 25.8 Å². The fourth-order valence-corrected chi connectivity index (χ4v) is 3.39. The Morgan fingerprint density at radius 3 is 2.75 bits per heavy atom. The predicted molar refractivity (Wildman–Crippen MR) is 83.3 cm³/mol. The van der Waals surface area contributed by atoms with Crippen molar-refractivity contribution in [3.05, 3.63) is 23.9 Å². The highest BCUT2D eigenvalue weighted by atomic mass is 16.3. The first-order chi connectivity index (χ1) is 9.30. The molecule has 0 aliphatic heterocycles. The van der Waals surface area contributed by atoms with Crippen LogP contribution in [0.1, 0.15) is 58.4 Å². The highest BCUT2D eigenvalue weighted by Crippen LogP contribution is 2.40. The Hall–Kier alpha value is -1.09. The molecule has 1 fully saturated rings. The van der Waals surface area contributed by atoms with Crippen LogP contribution in [-0.4, -0.2) is 15.7 Å². The fourth-order valence-electron chi connectivity index (χ4n) is 3.39.